The fourth-order valence-electron chi connectivity index (χ4n) is 2.09. The number of aromatic nitrogens is 1. The molecule has 1 fully saturated rings. The number of ether oxygens (including phenoxy) is 2. The third-order valence-electron chi connectivity index (χ3n) is 3.54. The number of carbonyl (C=O) groups excluding carboxylic acids is 1. The highest BCUT2D eigenvalue weighted by molar-refractivity contribution is 7.15. The minimum atomic E-state index is -0.376. The Bertz CT molecular complexity index is 453. The molecule has 0 atom stereocenters. The van der Waals surface area contributed by atoms with Gasteiger partial charge in [-0.1, -0.05) is 6.92 Å². The van der Waals surface area contributed by atoms with E-state index in [1.165, 1.54) is 18.4 Å². The van der Waals surface area contributed by atoms with Gasteiger partial charge in [-0.3, -0.25) is 0 Å². The Kier molecular flexibility index (Phi) is 4.42. The third kappa shape index (κ3) is 3.45. The molecule has 0 aromatic carbocycles. The van der Waals surface area contributed by atoms with Crippen molar-refractivity contribution in [1.29, 1.82) is 0 Å². The summed E-state index contributed by atoms with van der Waals surface area (Å²) in [6.45, 7) is 6.63. The highest BCUT2D eigenvalue weighted by atomic mass is 32.1. The molecule has 0 saturated carbocycles. The van der Waals surface area contributed by atoms with Crippen molar-refractivity contribution >= 4 is 22.4 Å². The van der Waals surface area contributed by atoms with Crippen LogP contribution in [0.25, 0.3) is 0 Å². The Morgan fingerprint density at radius 1 is 1.53 bits per heavy atom. The van der Waals surface area contributed by atoms with Crippen molar-refractivity contribution in [2.75, 3.05) is 32.2 Å². The highest BCUT2D eigenvalue weighted by Crippen LogP contribution is 2.31. The zero-order valence-corrected chi connectivity index (χ0v) is 12.4. The third-order valence-corrected chi connectivity index (χ3v) is 4.47. The van der Waals surface area contributed by atoms with Gasteiger partial charge in [0.2, 0.25) is 0 Å². The molecule has 0 aliphatic carbocycles. The molecule has 0 amide bonds. The molecule has 1 aromatic heterocycles. The van der Waals surface area contributed by atoms with Crippen LogP contribution in [-0.4, -0.2) is 37.8 Å². The Labute approximate surface area is 117 Å². The van der Waals surface area contributed by atoms with E-state index in [-0.39, 0.29) is 11.4 Å². The van der Waals surface area contributed by atoms with Gasteiger partial charge in [-0.15, -0.1) is 11.3 Å². The number of hydrogen-bond donors (Lipinski definition) is 1. The van der Waals surface area contributed by atoms with E-state index in [1.54, 1.807) is 0 Å². The molecule has 6 heteroatoms. The number of rotatable bonds is 4. The van der Waals surface area contributed by atoms with Gasteiger partial charge in [0.15, 0.2) is 10.8 Å². The first-order chi connectivity index (χ1) is 9.04. The number of aryl methyl sites for hydroxylation is 1. The zero-order chi connectivity index (χ0) is 13.9. The molecule has 1 N–H and O–H groups in total. The summed E-state index contributed by atoms with van der Waals surface area (Å²) < 4.78 is 10.1. The molecule has 0 radical (unpaired) electrons. The second-order valence-electron chi connectivity index (χ2n) is 5.19. The summed E-state index contributed by atoms with van der Waals surface area (Å²) in [6, 6.07) is 0. The zero-order valence-electron chi connectivity index (χ0n) is 11.6. The Morgan fingerprint density at radius 2 is 2.21 bits per heavy atom. The number of esters is 1. The molecule has 1 aliphatic heterocycles. The monoisotopic (exact) mass is 284 g/mol. The minimum Gasteiger partial charge on any atom is -0.464 e. The number of nitrogens with zero attached hydrogens (tertiary/aromatic N) is 1. The van der Waals surface area contributed by atoms with Gasteiger partial charge in [0, 0.05) is 24.6 Å². The molecule has 0 unspecified atom stereocenters. The molecule has 0 spiro atoms. The summed E-state index contributed by atoms with van der Waals surface area (Å²) in [5.41, 5.74) is 0.649. The number of thiazole rings is 1. The van der Waals surface area contributed by atoms with E-state index >= 15 is 0 Å². The number of hydrogen-bond acceptors (Lipinski definition) is 6. The van der Waals surface area contributed by atoms with Crippen LogP contribution in [-0.2, 0) is 9.47 Å². The van der Waals surface area contributed by atoms with Gasteiger partial charge in [0.25, 0.3) is 0 Å². The fourth-order valence-corrected chi connectivity index (χ4v) is 2.89. The van der Waals surface area contributed by atoms with Gasteiger partial charge in [0.1, 0.15) is 0 Å². The van der Waals surface area contributed by atoms with E-state index in [4.69, 9.17) is 9.47 Å². The van der Waals surface area contributed by atoms with Crippen LogP contribution in [0.15, 0.2) is 0 Å². The predicted molar refractivity (Wildman–Crippen MR) is 74.8 cm³/mol. The molecule has 0 bridgehead atoms. The Morgan fingerprint density at radius 3 is 2.84 bits per heavy atom. The second-order valence-corrected chi connectivity index (χ2v) is 6.40. The van der Waals surface area contributed by atoms with E-state index in [0.717, 1.165) is 42.6 Å². The Balaban J connectivity index is 1.98. The summed E-state index contributed by atoms with van der Waals surface area (Å²) in [4.78, 5) is 16.7. The van der Waals surface area contributed by atoms with E-state index in [0.29, 0.717) is 5.69 Å². The molecular formula is C13H20N2O3S. The SMILES string of the molecule is COC(=O)c1nc(NCC2(C)CCOCC2)sc1C. The van der Waals surface area contributed by atoms with Gasteiger partial charge in [0.05, 0.1) is 7.11 Å². The summed E-state index contributed by atoms with van der Waals surface area (Å²) >= 11 is 1.49. The number of methoxy groups -OCH3 is 1. The molecule has 1 saturated heterocycles. The van der Waals surface area contributed by atoms with Gasteiger partial charge < -0.3 is 14.8 Å². The van der Waals surface area contributed by atoms with Crippen molar-refractivity contribution in [3.63, 3.8) is 0 Å². The molecular weight excluding hydrogens is 264 g/mol. The van der Waals surface area contributed by atoms with Gasteiger partial charge in [-0.05, 0) is 25.2 Å². The molecule has 1 aliphatic rings. The molecule has 1 aromatic rings. The maximum absolute atomic E-state index is 11.5. The largest absolute Gasteiger partial charge is 0.464 e. The molecule has 106 valence electrons. The molecule has 19 heavy (non-hydrogen) atoms. The smallest absolute Gasteiger partial charge is 0.357 e. The highest BCUT2D eigenvalue weighted by Gasteiger charge is 2.27. The Hall–Kier alpha value is -1.14. The first-order valence-electron chi connectivity index (χ1n) is 6.41. The van der Waals surface area contributed by atoms with Crippen LogP contribution < -0.4 is 5.32 Å². The summed E-state index contributed by atoms with van der Waals surface area (Å²) in [5.74, 6) is -0.376. The average molecular weight is 284 g/mol. The fraction of sp³-hybridized carbons (Fsp3) is 0.692. The van der Waals surface area contributed by atoms with Crippen LogP contribution >= 0.6 is 11.3 Å². The van der Waals surface area contributed by atoms with E-state index < -0.39 is 0 Å². The van der Waals surface area contributed by atoms with Crippen LogP contribution in [0.4, 0.5) is 5.13 Å². The standard InChI is InChI=1S/C13H20N2O3S/c1-9-10(11(16)17-3)15-12(19-9)14-8-13(2)4-6-18-7-5-13/h4-8H2,1-3H3,(H,14,15). The van der Waals surface area contributed by atoms with E-state index in [2.05, 4.69) is 17.2 Å². The van der Waals surface area contributed by atoms with Crippen molar-refractivity contribution in [3.05, 3.63) is 10.6 Å². The quantitative estimate of drug-likeness (QED) is 0.861. The van der Waals surface area contributed by atoms with Crippen molar-refractivity contribution in [2.24, 2.45) is 5.41 Å². The summed E-state index contributed by atoms with van der Waals surface area (Å²) in [7, 11) is 1.37. The summed E-state index contributed by atoms with van der Waals surface area (Å²) in [6.07, 6.45) is 2.10. The predicted octanol–water partition coefficient (Wildman–Crippen LogP) is 2.47. The first kappa shape index (κ1) is 14.3. The summed E-state index contributed by atoms with van der Waals surface area (Å²) in [5, 5.41) is 4.12. The topological polar surface area (TPSA) is 60.5 Å². The average Bonchev–Trinajstić information content (AvgIpc) is 2.78. The molecule has 2 rings (SSSR count). The van der Waals surface area contributed by atoms with Crippen LogP contribution in [0.5, 0.6) is 0 Å². The number of carbonyl (C=O) groups is 1. The lowest BCUT2D eigenvalue weighted by molar-refractivity contribution is 0.0300. The maximum atomic E-state index is 11.5. The molecule has 5 nitrogen and oxygen atoms in total. The van der Waals surface area contributed by atoms with Crippen molar-refractivity contribution in [1.82, 2.24) is 4.98 Å². The van der Waals surface area contributed by atoms with Gasteiger partial charge >= 0.3 is 5.97 Å². The van der Waals surface area contributed by atoms with Crippen LogP contribution in [0, 0.1) is 12.3 Å². The number of anilines is 1. The van der Waals surface area contributed by atoms with Crippen molar-refractivity contribution < 1.29 is 14.3 Å². The van der Waals surface area contributed by atoms with Gasteiger partial charge in [-0.25, -0.2) is 9.78 Å². The van der Waals surface area contributed by atoms with Crippen LogP contribution in [0.1, 0.15) is 35.1 Å². The molecule has 2 heterocycles. The lowest BCUT2D eigenvalue weighted by Crippen LogP contribution is -2.33. The van der Waals surface area contributed by atoms with E-state index in [9.17, 15) is 4.79 Å². The second kappa shape index (κ2) is 5.88. The van der Waals surface area contributed by atoms with Crippen molar-refractivity contribution in [3.8, 4) is 0 Å². The first-order valence-corrected chi connectivity index (χ1v) is 7.23. The lowest BCUT2D eigenvalue weighted by Gasteiger charge is -2.33. The number of nitrogens with one attached hydrogen (secondary N) is 1. The maximum Gasteiger partial charge on any atom is 0.357 e. The minimum absolute atomic E-state index is 0.239. The van der Waals surface area contributed by atoms with E-state index in [1.807, 2.05) is 6.92 Å². The normalized spacial score (nSPS) is 18.1. The van der Waals surface area contributed by atoms with Gasteiger partial charge in [-0.2, -0.15) is 0 Å². The van der Waals surface area contributed by atoms with Crippen LogP contribution in [0.2, 0.25) is 0 Å². The lowest BCUT2D eigenvalue weighted by atomic mass is 9.82. The van der Waals surface area contributed by atoms with Crippen LogP contribution in [0.3, 0.4) is 0 Å². The van der Waals surface area contributed by atoms with Crippen molar-refractivity contribution in [2.45, 2.75) is 26.7 Å².